The fourth-order valence-corrected chi connectivity index (χ4v) is 3.95. The van der Waals surface area contributed by atoms with Crippen LogP contribution in [0, 0.1) is 0 Å². The molecule has 1 aliphatic heterocycles. The molecule has 0 amide bonds. The number of halogens is 3. The summed E-state index contributed by atoms with van der Waals surface area (Å²) < 4.78 is 68.4. The van der Waals surface area contributed by atoms with Gasteiger partial charge >= 0.3 is 6.18 Å². The van der Waals surface area contributed by atoms with Gasteiger partial charge in [0.05, 0.1) is 6.61 Å². The molecule has 1 aliphatic rings. The van der Waals surface area contributed by atoms with E-state index in [0.717, 1.165) is 12.3 Å². The summed E-state index contributed by atoms with van der Waals surface area (Å²) in [6.07, 6.45) is -2.47. The molecule has 0 unspecified atom stereocenters. The van der Waals surface area contributed by atoms with Gasteiger partial charge in [0, 0.05) is 25.9 Å². The van der Waals surface area contributed by atoms with Crippen LogP contribution in [-0.4, -0.2) is 44.0 Å². The zero-order valence-electron chi connectivity index (χ0n) is 11.3. The summed E-state index contributed by atoms with van der Waals surface area (Å²) in [5, 5.41) is 0. The molecule has 21 heavy (non-hydrogen) atoms. The predicted molar refractivity (Wildman–Crippen MR) is 68.0 cm³/mol. The quantitative estimate of drug-likeness (QED) is 0.849. The number of alkyl halides is 3. The van der Waals surface area contributed by atoms with E-state index in [4.69, 9.17) is 4.74 Å². The first-order chi connectivity index (χ1) is 9.76. The van der Waals surface area contributed by atoms with Crippen molar-refractivity contribution in [3.8, 4) is 0 Å². The summed E-state index contributed by atoms with van der Waals surface area (Å²) in [5.41, 5.74) is -1.11. The molecule has 0 saturated carbocycles. The fraction of sp³-hybridized carbons (Fsp3) is 0.583. The van der Waals surface area contributed by atoms with Crippen molar-refractivity contribution in [2.45, 2.75) is 30.0 Å². The molecule has 9 heteroatoms. The van der Waals surface area contributed by atoms with Crippen LogP contribution >= 0.6 is 0 Å². The third-order valence-corrected chi connectivity index (χ3v) is 5.25. The number of hydrogen-bond donors (Lipinski definition) is 0. The van der Waals surface area contributed by atoms with Crippen LogP contribution in [0.3, 0.4) is 0 Å². The van der Waals surface area contributed by atoms with E-state index in [1.807, 2.05) is 0 Å². The largest absolute Gasteiger partial charge is 0.433 e. The number of hydrogen-bond acceptors (Lipinski definition) is 4. The Labute approximate surface area is 120 Å². The summed E-state index contributed by atoms with van der Waals surface area (Å²) in [6, 6.07) is 1.32. The average Bonchev–Trinajstić information content (AvgIpc) is 2.87. The zero-order chi connectivity index (χ0) is 15.7. The fourth-order valence-electron chi connectivity index (χ4n) is 2.32. The minimum Gasteiger partial charge on any atom is -0.383 e. The van der Waals surface area contributed by atoms with Crippen molar-refractivity contribution >= 4 is 10.0 Å². The summed E-state index contributed by atoms with van der Waals surface area (Å²) in [4.78, 5) is 2.96. The number of sulfonamides is 1. The molecule has 1 fully saturated rings. The van der Waals surface area contributed by atoms with E-state index in [9.17, 15) is 21.6 Å². The van der Waals surface area contributed by atoms with Crippen LogP contribution in [0.2, 0.25) is 0 Å². The molecule has 1 atom stereocenters. The van der Waals surface area contributed by atoms with Crippen molar-refractivity contribution in [2.24, 2.45) is 0 Å². The second-order valence-electron chi connectivity index (χ2n) is 4.74. The highest BCUT2D eigenvalue weighted by Gasteiger charge is 2.37. The molecule has 118 valence electrons. The Morgan fingerprint density at radius 2 is 2.14 bits per heavy atom. The lowest BCUT2D eigenvalue weighted by molar-refractivity contribution is -0.141. The molecular weight excluding hydrogens is 309 g/mol. The molecule has 2 heterocycles. The summed E-state index contributed by atoms with van der Waals surface area (Å²) in [6.45, 7) is 0.588. The van der Waals surface area contributed by atoms with E-state index in [1.165, 1.54) is 11.4 Å². The van der Waals surface area contributed by atoms with Gasteiger partial charge in [-0.25, -0.2) is 8.42 Å². The molecular formula is C12H15F3N2O3S. The summed E-state index contributed by atoms with van der Waals surface area (Å²) in [7, 11) is -2.37. The van der Waals surface area contributed by atoms with Crippen molar-refractivity contribution in [1.82, 2.24) is 9.29 Å². The lowest BCUT2D eigenvalue weighted by atomic mass is 10.2. The van der Waals surface area contributed by atoms with E-state index in [0.29, 0.717) is 25.5 Å². The monoisotopic (exact) mass is 324 g/mol. The Morgan fingerprint density at radius 3 is 2.67 bits per heavy atom. The zero-order valence-corrected chi connectivity index (χ0v) is 12.1. The van der Waals surface area contributed by atoms with Gasteiger partial charge < -0.3 is 4.74 Å². The smallest absolute Gasteiger partial charge is 0.383 e. The Hall–Kier alpha value is -1.19. The van der Waals surface area contributed by atoms with Gasteiger partial charge in [0.2, 0.25) is 10.0 Å². The van der Waals surface area contributed by atoms with Gasteiger partial charge in [-0.1, -0.05) is 0 Å². The third-order valence-electron chi connectivity index (χ3n) is 3.32. The van der Waals surface area contributed by atoms with Gasteiger partial charge in [0.1, 0.15) is 10.6 Å². The predicted octanol–water partition coefficient (Wildman–Crippen LogP) is 1.90. The normalized spacial score (nSPS) is 20.9. The first-order valence-electron chi connectivity index (χ1n) is 6.31. The molecule has 0 aromatic carbocycles. The van der Waals surface area contributed by atoms with E-state index in [1.54, 1.807) is 0 Å². The number of ether oxygens (including phenoxy) is 1. The van der Waals surface area contributed by atoms with Crippen LogP contribution in [0.4, 0.5) is 13.2 Å². The van der Waals surface area contributed by atoms with Crippen molar-refractivity contribution < 1.29 is 26.3 Å². The van der Waals surface area contributed by atoms with E-state index < -0.39 is 21.9 Å². The molecule has 0 aliphatic carbocycles. The Kier molecular flexibility index (Phi) is 4.54. The van der Waals surface area contributed by atoms with Gasteiger partial charge in [-0.15, -0.1) is 0 Å². The van der Waals surface area contributed by atoms with Gasteiger partial charge in [0.15, 0.2) is 0 Å². The third kappa shape index (κ3) is 3.35. The number of pyridine rings is 1. The maximum absolute atomic E-state index is 12.4. The SMILES string of the molecule is COC[C@@H]1CCCN1S(=O)(=O)c1ccc(C(F)(F)F)nc1. The molecule has 1 aromatic rings. The maximum atomic E-state index is 12.4. The van der Waals surface area contributed by atoms with Crippen LogP contribution < -0.4 is 0 Å². The van der Waals surface area contributed by atoms with Crippen LogP contribution in [0.25, 0.3) is 0 Å². The van der Waals surface area contributed by atoms with Crippen LogP contribution in [0.5, 0.6) is 0 Å². The first-order valence-corrected chi connectivity index (χ1v) is 7.75. The minimum atomic E-state index is -4.59. The number of aromatic nitrogens is 1. The standard InChI is InChI=1S/C12H15F3N2O3S/c1-20-8-9-3-2-6-17(9)21(18,19)10-4-5-11(16-7-10)12(13,14)15/h4-5,7,9H,2-3,6,8H2,1H3/t9-/m0/s1. The summed E-state index contributed by atoms with van der Waals surface area (Å²) in [5.74, 6) is 0. The molecule has 2 rings (SSSR count). The molecule has 1 saturated heterocycles. The molecule has 0 radical (unpaired) electrons. The topological polar surface area (TPSA) is 59.5 Å². The molecule has 5 nitrogen and oxygen atoms in total. The van der Waals surface area contributed by atoms with Crippen molar-refractivity contribution in [3.63, 3.8) is 0 Å². The van der Waals surface area contributed by atoms with E-state index >= 15 is 0 Å². The Morgan fingerprint density at radius 1 is 1.43 bits per heavy atom. The number of methoxy groups -OCH3 is 1. The van der Waals surface area contributed by atoms with E-state index in [-0.39, 0.29) is 17.5 Å². The average molecular weight is 324 g/mol. The van der Waals surface area contributed by atoms with Crippen molar-refractivity contribution in [2.75, 3.05) is 20.3 Å². The second kappa shape index (κ2) is 5.90. The highest BCUT2D eigenvalue weighted by Crippen LogP contribution is 2.30. The highest BCUT2D eigenvalue weighted by atomic mass is 32.2. The Bertz CT molecular complexity index is 587. The summed E-state index contributed by atoms with van der Waals surface area (Å²) >= 11 is 0. The van der Waals surface area contributed by atoms with Crippen LogP contribution in [0.15, 0.2) is 23.2 Å². The van der Waals surface area contributed by atoms with Gasteiger partial charge in [-0.2, -0.15) is 17.5 Å². The first kappa shape index (κ1) is 16.2. The lowest BCUT2D eigenvalue weighted by Crippen LogP contribution is -2.38. The van der Waals surface area contributed by atoms with Gasteiger partial charge in [-0.05, 0) is 25.0 Å². The minimum absolute atomic E-state index is 0.237. The highest BCUT2D eigenvalue weighted by molar-refractivity contribution is 7.89. The second-order valence-corrected chi connectivity index (χ2v) is 6.63. The number of nitrogens with zero attached hydrogens (tertiary/aromatic N) is 2. The van der Waals surface area contributed by atoms with Crippen molar-refractivity contribution in [3.05, 3.63) is 24.0 Å². The van der Waals surface area contributed by atoms with E-state index in [2.05, 4.69) is 4.98 Å². The molecule has 0 spiro atoms. The molecule has 1 aromatic heterocycles. The van der Waals surface area contributed by atoms with Gasteiger partial charge in [0.25, 0.3) is 0 Å². The van der Waals surface area contributed by atoms with Crippen molar-refractivity contribution in [1.29, 1.82) is 0 Å². The maximum Gasteiger partial charge on any atom is 0.433 e. The molecule has 0 bridgehead atoms. The Balaban J connectivity index is 2.27. The molecule has 0 N–H and O–H groups in total. The number of rotatable bonds is 4. The van der Waals surface area contributed by atoms with Crippen LogP contribution in [0.1, 0.15) is 18.5 Å². The van der Waals surface area contributed by atoms with Gasteiger partial charge in [-0.3, -0.25) is 4.98 Å². The lowest BCUT2D eigenvalue weighted by Gasteiger charge is -2.23. The van der Waals surface area contributed by atoms with Crippen LogP contribution in [-0.2, 0) is 20.9 Å².